The predicted octanol–water partition coefficient (Wildman–Crippen LogP) is 4.22. The number of nitrogens with zero attached hydrogens (tertiary/aromatic N) is 1. The Labute approximate surface area is 186 Å². The average Bonchev–Trinajstić information content (AvgIpc) is 2.70. The summed E-state index contributed by atoms with van der Waals surface area (Å²) in [6, 6.07) is 8.93. The van der Waals surface area contributed by atoms with E-state index >= 15 is 0 Å². The van der Waals surface area contributed by atoms with Crippen molar-refractivity contribution >= 4 is 17.6 Å². The Morgan fingerprint density at radius 3 is 2.71 bits per heavy atom. The maximum absolute atomic E-state index is 14.0. The normalized spacial score (nSPS) is 17.7. The molecule has 168 valence electrons. The van der Waals surface area contributed by atoms with Crippen molar-refractivity contribution in [2.45, 2.75) is 51.9 Å². The monoisotopic (exact) mass is 451 g/mol. The molecule has 0 aromatic heterocycles. The Morgan fingerprint density at radius 2 is 2.06 bits per heavy atom. The molecule has 0 fully saturated rings. The van der Waals surface area contributed by atoms with E-state index in [0.717, 1.165) is 5.56 Å². The minimum atomic E-state index is -1.27. The van der Waals surface area contributed by atoms with E-state index in [-0.39, 0.29) is 12.2 Å². The molecular formula is C23H27ClFNO5. The molecule has 2 atom stereocenters. The predicted molar refractivity (Wildman–Crippen MR) is 114 cm³/mol. The van der Waals surface area contributed by atoms with Gasteiger partial charge in [-0.2, -0.15) is 0 Å². The fourth-order valence-electron chi connectivity index (χ4n) is 3.53. The maximum Gasteiger partial charge on any atom is 0.327 e. The fraction of sp³-hybridized carbons (Fsp3) is 0.435. The number of methoxy groups -OCH3 is 1. The molecular weight excluding hydrogens is 425 g/mol. The molecule has 6 nitrogen and oxygen atoms in total. The van der Waals surface area contributed by atoms with Crippen LogP contribution in [0.4, 0.5) is 4.39 Å². The Kier molecular flexibility index (Phi) is 7.21. The molecule has 0 radical (unpaired) electrons. The third kappa shape index (κ3) is 5.54. The molecule has 0 saturated heterocycles. The summed E-state index contributed by atoms with van der Waals surface area (Å²) in [5.74, 6) is -0.398. The lowest BCUT2D eigenvalue weighted by atomic mass is 9.92. The van der Waals surface area contributed by atoms with Crippen molar-refractivity contribution in [3.05, 3.63) is 63.9 Å². The Morgan fingerprint density at radius 1 is 1.32 bits per heavy atom. The SMILES string of the molecule is COC(=O)[C@H]1c2ccc(OCc3c(F)cccc3Cl)cc2CCN1[C@@H](O)OC(C)(C)C. The van der Waals surface area contributed by atoms with Crippen molar-refractivity contribution in [1.82, 2.24) is 4.90 Å². The summed E-state index contributed by atoms with van der Waals surface area (Å²) >= 11 is 6.06. The number of benzene rings is 2. The first kappa shape index (κ1) is 23.5. The fourth-order valence-corrected chi connectivity index (χ4v) is 3.75. The molecule has 0 spiro atoms. The summed E-state index contributed by atoms with van der Waals surface area (Å²) < 4.78 is 30.4. The molecule has 1 heterocycles. The second kappa shape index (κ2) is 9.53. The summed E-state index contributed by atoms with van der Waals surface area (Å²) in [6.45, 7) is 5.84. The first-order chi connectivity index (χ1) is 14.6. The molecule has 8 heteroatoms. The molecule has 3 rings (SSSR count). The number of carbonyl (C=O) groups excluding carboxylic acids is 1. The smallest absolute Gasteiger partial charge is 0.327 e. The highest BCUT2D eigenvalue weighted by Gasteiger charge is 2.39. The van der Waals surface area contributed by atoms with Gasteiger partial charge in [-0.15, -0.1) is 0 Å². The minimum absolute atomic E-state index is 0.0189. The van der Waals surface area contributed by atoms with E-state index in [1.165, 1.54) is 19.2 Å². The Bertz CT molecular complexity index is 926. The molecule has 2 aromatic carbocycles. The lowest BCUT2D eigenvalue weighted by Gasteiger charge is -2.40. The lowest BCUT2D eigenvalue weighted by Crippen LogP contribution is -2.49. The van der Waals surface area contributed by atoms with Crippen molar-refractivity contribution in [2.24, 2.45) is 0 Å². The van der Waals surface area contributed by atoms with Crippen LogP contribution >= 0.6 is 11.6 Å². The lowest BCUT2D eigenvalue weighted by molar-refractivity contribution is -0.251. The third-order valence-electron chi connectivity index (χ3n) is 4.99. The number of aliphatic hydroxyl groups is 1. The second-order valence-electron chi connectivity index (χ2n) is 8.32. The maximum atomic E-state index is 14.0. The van der Waals surface area contributed by atoms with Gasteiger partial charge in [0.1, 0.15) is 24.2 Å². The first-order valence-corrected chi connectivity index (χ1v) is 10.4. The number of ether oxygens (including phenoxy) is 3. The van der Waals surface area contributed by atoms with Gasteiger partial charge in [0.25, 0.3) is 0 Å². The van der Waals surface area contributed by atoms with E-state index < -0.39 is 29.8 Å². The summed E-state index contributed by atoms with van der Waals surface area (Å²) in [5.41, 5.74) is 1.27. The number of hydrogen-bond donors (Lipinski definition) is 1. The highest BCUT2D eigenvalue weighted by Crippen LogP contribution is 2.35. The zero-order chi connectivity index (χ0) is 22.8. The summed E-state index contributed by atoms with van der Waals surface area (Å²) in [7, 11) is 1.31. The topological polar surface area (TPSA) is 68.2 Å². The number of carbonyl (C=O) groups is 1. The van der Waals surface area contributed by atoms with Crippen LogP contribution in [0, 0.1) is 5.82 Å². The molecule has 0 unspecified atom stereocenters. The van der Waals surface area contributed by atoms with Gasteiger partial charge < -0.3 is 19.3 Å². The highest BCUT2D eigenvalue weighted by atomic mass is 35.5. The van der Waals surface area contributed by atoms with E-state index in [2.05, 4.69) is 0 Å². The molecule has 1 aliphatic heterocycles. The van der Waals surface area contributed by atoms with Gasteiger partial charge in [-0.1, -0.05) is 23.7 Å². The van der Waals surface area contributed by atoms with Crippen LogP contribution in [0.25, 0.3) is 0 Å². The van der Waals surface area contributed by atoms with Crippen LogP contribution in [-0.2, 0) is 27.3 Å². The van der Waals surface area contributed by atoms with Crippen LogP contribution < -0.4 is 4.74 Å². The largest absolute Gasteiger partial charge is 0.489 e. The number of halogens is 2. The highest BCUT2D eigenvalue weighted by molar-refractivity contribution is 6.31. The van der Waals surface area contributed by atoms with Gasteiger partial charge in [-0.3, -0.25) is 0 Å². The number of rotatable bonds is 6. The van der Waals surface area contributed by atoms with E-state index in [0.29, 0.717) is 29.3 Å². The number of esters is 1. The van der Waals surface area contributed by atoms with Gasteiger partial charge in [0.15, 0.2) is 0 Å². The van der Waals surface area contributed by atoms with Crippen LogP contribution in [0.2, 0.25) is 5.02 Å². The third-order valence-corrected chi connectivity index (χ3v) is 5.35. The van der Waals surface area contributed by atoms with E-state index in [9.17, 15) is 14.3 Å². The number of aliphatic hydroxyl groups excluding tert-OH is 1. The van der Waals surface area contributed by atoms with Crippen LogP contribution in [0.1, 0.15) is 43.5 Å². The van der Waals surface area contributed by atoms with Gasteiger partial charge in [-0.25, -0.2) is 14.1 Å². The zero-order valence-corrected chi connectivity index (χ0v) is 18.8. The van der Waals surface area contributed by atoms with Gasteiger partial charge in [0, 0.05) is 12.1 Å². The second-order valence-corrected chi connectivity index (χ2v) is 8.73. The Hall–Kier alpha value is -2.19. The van der Waals surface area contributed by atoms with Gasteiger partial charge in [0.2, 0.25) is 6.41 Å². The molecule has 0 aliphatic carbocycles. The molecule has 0 saturated carbocycles. The summed E-state index contributed by atoms with van der Waals surface area (Å²) in [4.78, 5) is 14.1. The van der Waals surface area contributed by atoms with E-state index in [4.69, 9.17) is 25.8 Å². The van der Waals surface area contributed by atoms with Crippen molar-refractivity contribution < 1.29 is 28.5 Å². The summed E-state index contributed by atoms with van der Waals surface area (Å²) in [6.07, 6.45) is -0.707. The average molecular weight is 452 g/mol. The minimum Gasteiger partial charge on any atom is -0.489 e. The first-order valence-electron chi connectivity index (χ1n) is 9.98. The van der Waals surface area contributed by atoms with E-state index in [1.54, 1.807) is 23.1 Å². The van der Waals surface area contributed by atoms with Gasteiger partial charge in [0.05, 0.1) is 17.7 Å². The van der Waals surface area contributed by atoms with Crippen molar-refractivity contribution in [2.75, 3.05) is 13.7 Å². The van der Waals surface area contributed by atoms with Crippen LogP contribution in [0.3, 0.4) is 0 Å². The van der Waals surface area contributed by atoms with Crippen LogP contribution in [0.15, 0.2) is 36.4 Å². The van der Waals surface area contributed by atoms with Gasteiger partial charge >= 0.3 is 5.97 Å². The van der Waals surface area contributed by atoms with Gasteiger partial charge in [-0.05, 0) is 62.6 Å². The Balaban J connectivity index is 1.83. The molecule has 1 N–H and O–H groups in total. The number of hydrogen-bond acceptors (Lipinski definition) is 6. The molecule has 1 aliphatic rings. The van der Waals surface area contributed by atoms with E-state index in [1.807, 2.05) is 26.8 Å². The van der Waals surface area contributed by atoms with Crippen molar-refractivity contribution in [1.29, 1.82) is 0 Å². The molecule has 2 aromatic rings. The molecule has 0 bridgehead atoms. The van der Waals surface area contributed by atoms with Crippen LogP contribution in [-0.4, -0.2) is 41.6 Å². The molecule has 0 amide bonds. The standard InChI is InChI=1S/C23H27ClFNO5/c1-23(2,3)31-22(28)26-11-10-14-12-15(8-9-16(14)20(26)21(27)29-4)30-13-17-18(24)6-5-7-19(17)25/h5-9,12,20,22,28H,10-11,13H2,1-4H3/t20-,22+/m1/s1. The molecule has 31 heavy (non-hydrogen) atoms. The van der Waals surface area contributed by atoms with Crippen molar-refractivity contribution in [3.63, 3.8) is 0 Å². The summed E-state index contributed by atoms with van der Waals surface area (Å²) in [5, 5.41) is 10.9. The number of fused-ring (bicyclic) bond motifs is 1. The van der Waals surface area contributed by atoms with Crippen LogP contribution in [0.5, 0.6) is 5.75 Å². The quantitative estimate of drug-likeness (QED) is 0.524. The zero-order valence-electron chi connectivity index (χ0n) is 18.0. The van der Waals surface area contributed by atoms with Crippen molar-refractivity contribution in [3.8, 4) is 5.75 Å².